The fourth-order valence-corrected chi connectivity index (χ4v) is 2.51. The van der Waals surface area contributed by atoms with Gasteiger partial charge >= 0.3 is 5.97 Å². The van der Waals surface area contributed by atoms with Gasteiger partial charge in [-0.2, -0.15) is 4.98 Å². The first kappa shape index (κ1) is 14.6. The van der Waals surface area contributed by atoms with E-state index in [-0.39, 0.29) is 12.0 Å². The van der Waals surface area contributed by atoms with Gasteiger partial charge in [0.25, 0.3) is 0 Å². The molecule has 110 valence electrons. The zero-order valence-electron chi connectivity index (χ0n) is 11.9. The molecule has 0 radical (unpaired) electrons. The molecule has 1 aromatic heterocycles. The van der Waals surface area contributed by atoms with Crippen LogP contribution in [0.25, 0.3) is 0 Å². The highest BCUT2D eigenvalue weighted by Gasteiger charge is 2.27. The third kappa shape index (κ3) is 3.59. The number of anilines is 1. The minimum Gasteiger partial charge on any atom is -0.481 e. The van der Waals surface area contributed by atoms with Gasteiger partial charge in [0.05, 0.1) is 12.5 Å². The molecule has 0 saturated heterocycles. The van der Waals surface area contributed by atoms with Gasteiger partial charge in [0, 0.05) is 17.8 Å². The van der Waals surface area contributed by atoms with Gasteiger partial charge in [0.1, 0.15) is 0 Å². The van der Waals surface area contributed by atoms with E-state index in [0.717, 1.165) is 24.8 Å². The molecular formula is C14H21N3O3. The van der Waals surface area contributed by atoms with Gasteiger partial charge in [0.15, 0.2) is 0 Å². The normalized spacial score (nSPS) is 22.3. The minimum atomic E-state index is -0.712. The zero-order chi connectivity index (χ0) is 14.5. The second kappa shape index (κ2) is 6.54. The van der Waals surface area contributed by atoms with Crippen LogP contribution in [0.1, 0.15) is 38.2 Å². The summed E-state index contributed by atoms with van der Waals surface area (Å²) < 4.78 is 5.44. The van der Waals surface area contributed by atoms with Crippen LogP contribution in [-0.4, -0.2) is 33.7 Å². The van der Waals surface area contributed by atoms with E-state index in [1.54, 1.807) is 6.20 Å². The Morgan fingerprint density at radius 2 is 2.35 bits per heavy atom. The van der Waals surface area contributed by atoms with Crippen LogP contribution in [0, 0.1) is 12.8 Å². The average molecular weight is 279 g/mol. The summed E-state index contributed by atoms with van der Waals surface area (Å²) in [5.41, 5.74) is 0.893. The van der Waals surface area contributed by atoms with Crippen molar-refractivity contribution >= 4 is 11.9 Å². The van der Waals surface area contributed by atoms with E-state index in [9.17, 15) is 4.79 Å². The van der Waals surface area contributed by atoms with Crippen LogP contribution >= 0.6 is 0 Å². The Morgan fingerprint density at radius 3 is 3.05 bits per heavy atom. The maximum Gasteiger partial charge on any atom is 0.306 e. The second-order valence-electron chi connectivity index (χ2n) is 5.16. The van der Waals surface area contributed by atoms with Gasteiger partial charge in [-0.15, -0.1) is 0 Å². The number of nitrogens with zero attached hydrogens (tertiary/aromatic N) is 2. The van der Waals surface area contributed by atoms with Crippen molar-refractivity contribution in [2.45, 2.75) is 45.6 Å². The van der Waals surface area contributed by atoms with Crippen LogP contribution in [-0.2, 0) is 4.79 Å². The van der Waals surface area contributed by atoms with Crippen molar-refractivity contribution < 1.29 is 14.6 Å². The van der Waals surface area contributed by atoms with Crippen LogP contribution in [0.5, 0.6) is 5.88 Å². The van der Waals surface area contributed by atoms with E-state index in [2.05, 4.69) is 15.3 Å². The molecular weight excluding hydrogens is 258 g/mol. The number of nitrogens with one attached hydrogen (secondary N) is 1. The Labute approximate surface area is 118 Å². The van der Waals surface area contributed by atoms with Gasteiger partial charge in [0.2, 0.25) is 11.8 Å². The highest BCUT2D eigenvalue weighted by Crippen LogP contribution is 2.26. The van der Waals surface area contributed by atoms with Gasteiger partial charge in [-0.25, -0.2) is 4.98 Å². The lowest BCUT2D eigenvalue weighted by molar-refractivity contribution is -0.142. The second-order valence-corrected chi connectivity index (χ2v) is 5.16. The zero-order valence-corrected chi connectivity index (χ0v) is 11.9. The molecule has 2 N–H and O–H groups in total. The Hall–Kier alpha value is -1.85. The summed E-state index contributed by atoms with van der Waals surface area (Å²) in [4.78, 5) is 19.6. The van der Waals surface area contributed by atoms with Crippen molar-refractivity contribution in [3.05, 3.63) is 11.8 Å². The number of ether oxygens (including phenoxy) is 1. The maximum atomic E-state index is 11.1. The van der Waals surface area contributed by atoms with Crippen LogP contribution in [0.15, 0.2) is 6.20 Å². The highest BCUT2D eigenvalue weighted by atomic mass is 16.5. The number of hydrogen-bond acceptors (Lipinski definition) is 5. The predicted octanol–water partition coefficient (Wildman–Crippen LogP) is 2.24. The fourth-order valence-electron chi connectivity index (χ4n) is 2.51. The summed E-state index contributed by atoms with van der Waals surface area (Å²) in [6, 6.07) is 0.113. The molecule has 1 aliphatic carbocycles. The molecule has 20 heavy (non-hydrogen) atoms. The molecule has 0 spiro atoms. The first-order valence-corrected chi connectivity index (χ1v) is 7.06. The van der Waals surface area contributed by atoms with E-state index in [0.29, 0.717) is 24.9 Å². The minimum absolute atomic E-state index is 0.113. The third-order valence-corrected chi connectivity index (χ3v) is 3.56. The average Bonchev–Trinajstić information content (AvgIpc) is 2.43. The number of hydrogen-bond donors (Lipinski definition) is 2. The van der Waals surface area contributed by atoms with Crippen LogP contribution in [0.2, 0.25) is 0 Å². The molecule has 1 fully saturated rings. The molecule has 2 unspecified atom stereocenters. The first-order valence-electron chi connectivity index (χ1n) is 7.06. The number of rotatable bonds is 5. The van der Waals surface area contributed by atoms with Crippen molar-refractivity contribution in [1.82, 2.24) is 9.97 Å². The summed E-state index contributed by atoms with van der Waals surface area (Å²) in [5.74, 6) is 0.111. The molecule has 2 atom stereocenters. The van der Waals surface area contributed by atoms with Gasteiger partial charge < -0.3 is 15.2 Å². The summed E-state index contributed by atoms with van der Waals surface area (Å²) in [6.45, 7) is 4.37. The molecule has 1 heterocycles. The quantitative estimate of drug-likeness (QED) is 0.860. The summed E-state index contributed by atoms with van der Waals surface area (Å²) in [5, 5.41) is 12.3. The van der Waals surface area contributed by atoms with Crippen molar-refractivity contribution in [1.29, 1.82) is 0 Å². The number of carboxylic acid groups (broad SMARTS) is 1. The molecule has 6 heteroatoms. The monoisotopic (exact) mass is 279 g/mol. The standard InChI is InChI=1S/C14H21N3O3/c1-3-20-12-9(2)8-15-14(17-12)16-11-6-4-5-10(7-11)13(18)19/h8,10-11H,3-7H2,1-2H3,(H,18,19)(H,15,16,17). The number of aryl methyl sites for hydroxylation is 1. The highest BCUT2D eigenvalue weighted by molar-refractivity contribution is 5.70. The molecule has 2 rings (SSSR count). The Balaban J connectivity index is 2.02. The molecule has 1 saturated carbocycles. The van der Waals surface area contributed by atoms with Crippen molar-refractivity contribution in [2.75, 3.05) is 11.9 Å². The van der Waals surface area contributed by atoms with E-state index >= 15 is 0 Å². The SMILES string of the molecule is CCOc1nc(NC2CCCC(C(=O)O)C2)ncc1C. The summed E-state index contributed by atoms with van der Waals surface area (Å²) in [7, 11) is 0. The molecule has 6 nitrogen and oxygen atoms in total. The maximum absolute atomic E-state index is 11.1. The lowest BCUT2D eigenvalue weighted by Crippen LogP contribution is -2.31. The van der Waals surface area contributed by atoms with Crippen molar-refractivity contribution in [2.24, 2.45) is 5.92 Å². The van der Waals surface area contributed by atoms with Crippen LogP contribution in [0.4, 0.5) is 5.95 Å². The van der Waals surface area contributed by atoms with E-state index in [4.69, 9.17) is 9.84 Å². The molecule has 1 aliphatic rings. The van der Waals surface area contributed by atoms with E-state index < -0.39 is 5.97 Å². The lowest BCUT2D eigenvalue weighted by Gasteiger charge is -2.27. The number of carboxylic acids is 1. The smallest absolute Gasteiger partial charge is 0.306 e. The van der Waals surface area contributed by atoms with Gasteiger partial charge in [-0.3, -0.25) is 4.79 Å². The Bertz CT molecular complexity index is 479. The third-order valence-electron chi connectivity index (χ3n) is 3.56. The van der Waals surface area contributed by atoms with E-state index in [1.165, 1.54) is 0 Å². The number of aromatic nitrogens is 2. The molecule has 0 bridgehead atoms. The summed E-state index contributed by atoms with van der Waals surface area (Å²) >= 11 is 0. The van der Waals surface area contributed by atoms with Crippen molar-refractivity contribution in [3.63, 3.8) is 0 Å². The Kier molecular flexibility index (Phi) is 4.76. The lowest BCUT2D eigenvalue weighted by atomic mass is 9.86. The first-order chi connectivity index (χ1) is 9.60. The van der Waals surface area contributed by atoms with Crippen LogP contribution in [0.3, 0.4) is 0 Å². The Morgan fingerprint density at radius 1 is 1.55 bits per heavy atom. The molecule has 0 aromatic carbocycles. The topological polar surface area (TPSA) is 84.3 Å². The number of carbonyl (C=O) groups is 1. The largest absolute Gasteiger partial charge is 0.481 e. The van der Waals surface area contributed by atoms with Crippen LogP contribution < -0.4 is 10.1 Å². The predicted molar refractivity (Wildman–Crippen MR) is 74.9 cm³/mol. The fraction of sp³-hybridized carbons (Fsp3) is 0.643. The molecule has 1 aromatic rings. The summed E-state index contributed by atoms with van der Waals surface area (Å²) in [6.07, 6.45) is 4.96. The molecule has 0 amide bonds. The number of aliphatic carboxylic acids is 1. The molecule has 0 aliphatic heterocycles. The van der Waals surface area contributed by atoms with Gasteiger partial charge in [-0.05, 0) is 33.1 Å². The van der Waals surface area contributed by atoms with E-state index in [1.807, 2.05) is 13.8 Å². The van der Waals surface area contributed by atoms with Gasteiger partial charge in [-0.1, -0.05) is 6.42 Å². The van der Waals surface area contributed by atoms with Crippen molar-refractivity contribution in [3.8, 4) is 5.88 Å².